The molecule has 0 radical (unpaired) electrons. The molecule has 5 heteroatoms. The molecule has 2 aromatic carbocycles. The summed E-state index contributed by atoms with van der Waals surface area (Å²) < 4.78 is 5.25. The van der Waals surface area contributed by atoms with Crippen LogP contribution in [0.3, 0.4) is 0 Å². The molecular weight excluding hydrogens is 324 g/mol. The van der Waals surface area contributed by atoms with E-state index in [0.29, 0.717) is 17.9 Å². The number of carbonyl (C=O) groups excluding carboxylic acids is 1. The standard InChI is InChI=1S/C19H24N2O2.ClH/c1-14-9-11-15(12-10-14)17(21(2)3)13-20-19(22)16-7-5-6-8-18(16)23-4;/h5-12,17H,13H2,1-4H3,(H,20,22);1H. The highest BCUT2D eigenvalue weighted by molar-refractivity contribution is 5.96. The van der Waals surface area contributed by atoms with Crippen LogP contribution in [-0.4, -0.2) is 38.6 Å². The highest BCUT2D eigenvalue weighted by atomic mass is 35.5. The summed E-state index contributed by atoms with van der Waals surface area (Å²) in [5, 5.41) is 3.01. The van der Waals surface area contributed by atoms with Crippen LogP contribution in [0, 0.1) is 6.92 Å². The van der Waals surface area contributed by atoms with Crippen molar-refractivity contribution in [2.75, 3.05) is 27.7 Å². The van der Waals surface area contributed by atoms with E-state index in [1.807, 2.05) is 26.2 Å². The van der Waals surface area contributed by atoms with Crippen molar-refractivity contribution in [1.29, 1.82) is 0 Å². The number of likely N-dealkylation sites (N-methyl/N-ethyl adjacent to an activating group) is 1. The lowest BCUT2D eigenvalue weighted by Gasteiger charge is -2.25. The number of nitrogens with one attached hydrogen (secondary N) is 1. The molecule has 0 bridgehead atoms. The van der Waals surface area contributed by atoms with E-state index in [2.05, 4.69) is 41.4 Å². The van der Waals surface area contributed by atoms with Crippen LogP contribution in [0.2, 0.25) is 0 Å². The lowest BCUT2D eigenvalue weighted by Crippen LogP contribution is -2.34. The summed E-state index contributed by atoms with van der Waals surface area (Å²) >= 11 is 0. The fourth-order valence-electron chi connectivity index (χ4n) is 2.50. The van der Waals surface area contributed by atoms with Crippen molar-refractivity contribution in [3.05, 3.63) is 65.2 Å². The number of amides is 1. The maximum atomic E-state index is 12.4. The van der Waals surface area contributed by atoms with E-state index in [9.17, 15) is 4.79 Å². The number of para-hydroxylation sites is 1. The molecule has 4 nitrogen and oxygen atoms in total. The van der Waals surface area contributed by atoms with Gasteiger partial charge in [0.15, 0.2) is 0 Å². The van der Waals surface area contributed by atoms with Crippen LogP contribution in [0.5, 0.6) is 5.75 Å². The van der Waals surface area contributed by atoms with Crippen LogP contribution in [0.4, 0.5) is 0 Å². The van der Waals surface area contributed by atoms with Gasteiger partial charge in [0.25, 0.3) is 5.91 Å². The van der Waals surface area contributed by atoms with Gasteiger partial charge in [0.2, 0.25) is 0 Å². The predicted octanol–water partition coefficient (Wildman–Crippen LogP) is 3.46. The molecule has 0 fully saturated rings. The molecule has 0 spiro atoms. The third-order valence-electron chi connectivity index (χ3n) is 3.89. The van der Waals surface area contributed by atoms with Crippen LogP contribution < -0.4 is 10.1 Å². The molecule has 0 aliphatic rings. The summed E-state index contributed by atoms with van der Waals surface area (Å²) in [6.07, 6.45) is 0. The number of carbonyl (C=O) groups is 1. The minimum Gasteiger partial charge on any atom is -0.496 e. The van der Waals surface area contributed by atoms with E-state index in [4.69, 9.17) is 4.74 Å². The van der Waals surface area contributed by atoms with E-state index < -0.39 is 0 Å². The van der Waals surface area contributed by atoms with E-state index in [-0.39, 0.29) is 24.4 Å². The van der Waals surface area contributed by atoms with Crippen LogP contribution in [0.15, 0.2) is 48.5 Å². The summed E-state index contributed by atoms with van der Waals surface area (Å²) in [7, 11) is 5.60. The zero-order valence-electron chi connectivity index (χ0n) is 14.6. The Bertz CT molecular complexity index is 657. The normalized spacial score (nSPS) is 11.5. The molecule has 24 heavy (non-hydrogen) atoms. The fourth-order valence-corrected chi connectivity index (χ4v) is 2.50. The van der Waals surface area contributed by atoms with Gasteiger partial charge in [0, 0.05) is 6.54 Å². The van der Waals surface area contributed by atoms with Gasteiger partial charge < -0.3 is 15.0 Å². The lowest BCUT2D eigenvalue weighted by atomic mass is 10.0. The second-order valence-electron chi connectivity index (χ2n) is 5.80. The second-order valence-corrected chi connectivity index (χ2v) is 5.80. The van der Waals surface area contributed by atoms with E-state index >= 15 is 0 Å². The molecule has 0 saturated carbocycles. The zero-order valence-corrected chi connectivity index (χ0v) is 15.4. The number of hydrogen-bond donors (Lipinski definition) is 1. The molecule has 0 heterocycles. The Kier molecular flexibility index (Phi) is 7.75. The molecule has 0 saturated heterocycles. The summed E-state index contributed by atoms with van der Waals surface area (Å²) in [4.78, 5) is 14.5. The van der Waals surface area contributed by atoms with Gasteiger partial charge in [-0.1, -0.05) is 42.0 Å². The van der Waals surface area contributed by atoms with Gasteiger partial charge >= 0.3 is 0 Å². The first kappa shape index (κ1) is 20.0. The molecule has 1 amide bonds. The Labute approximate surface area is 150 Å². The Balaban J connectivity index is 0.00000288. The summed E-state index contributed by atoms with van der Waals surface area (Å²) in [6, 6.07) is 15.8. The number of hydrogen-bond acceptors (Lipinski definition) is 3. The molecule has 2 aromatic rings. The zero-order chi connectivity index (χ0) is 16.8. The maximum absolute atomic E-state index is 12.4. The number of rotatable bonds is 6. The average molecular weight is 349 g/mol. The Hall–Kier alpha value is -2.04. The topological polar surface area (TPSA) is 41.6 Å². The molecular formula is C19H25ClN2O2. The lowest BCUT2D eigenvalue weighted by molar-refractivity contribution is 0.0939. The van der Waals surface area contributed by atoms with Crippen LogP contribution in [0.1, 0.15) is 27.5 Å². The number of methoxy groups -OCH3 is 1. The van der Waals surface area contributed by atoms with Crippen LogP contribution in [-0.2, 0) is 0 Å². The number of aryl methyl sites for hydroxylation is 1. The van der Waals surface area contributed by atoms with Crippen molar-refractivity contribution >= 4 is 18.3 Å². The average Bonchev–Trinajstić information content (AvgIpc) is 2.56. The molecule has 130 valence electrons. The van der Waals surface area contributed by atoms with Gasteiger partial charge in [-0.15, -0.1) is 12.4 Å². The first-order valence-electron chi connectivity index (χ1n) is 7.67. The predicted molar refractivity (Wildman–Crippen MR) is 100 cm³/mol. The molecule has 0 aliphatic carbocycles. The third-order valence-corrected chi connectivity index (χ3v) is 3.89. The van der Waals surface area contributed by atoms with Crippen molar-refractivity contribution in [3.8, 4) is 5.75 Å². The smallest absolute Gasteiger partial charge is 0.255 e. The highest BCUT2D eigenvalue weighted by Gasteiger charge is 2.17. The fraction of sp³-hybridized carbons (Fsp3) is 0.316. The number of ether oxygens (including phenoxy) is 1. The van der Waals surface area contributed by atoms with Crippen molar-refractivity contribution in [2.24, 2.45) is 0 Å². The SMILES string of the molecule is COc1ccccc1C(=O)NCC(c1ccc(C)cc1)N(C)C.Cl. The summed E-state index contributed by atoms with van der Waals surface area (Å²) in [6.45, 7) is 2.60. The molecule has 0 aliphatic heterocycles. The highest BCUT2D eigenvalue weighted by Crippen LogP contribution is 2.20. The monoisotopic (exact) mass is 348 g/mol. The van der Waals surface area contributed by atoms with E-state index in [1.54, 1.807) is 19.2 Å². The van der Waals surface area contributed by atoms with Gasteiger partial charge in [-0.25, -0.2) is 0 Å². The van der Waals surface area contributed by atoms with Crippen molar-refractivity contribution in [2.45, 2.75) is 13.0 Å². The van der Waals surface area contributed by atoms with Crippen molar-refractivity contribution < 1.29 is 9.53 Å². The first-order chi connectivity index (χ1) is 11.0. The quantitative estimate of drug-likeness (QED) is 0.869. The van der Waals surface area contributed by atoms with Crippen molar-refractivity contribution in [1.82, 2.24) is 10.2 Å². The van der Waals surface area contributed by atoms with E-state index in [0.717, 1.165) is 0 Å². The molecule has 0 aromatic heterocycles. The second kappa shape index (κ2) is 9.30. The molecule has 1 N–H and O–H groups in total. The summed E-state index contributed by atoms with van der Waals surface area (Å²) in [5.41, 5.74) is 2.96. The first-order valence-corrected chi connectivity index (χ1v) is 7.67. The van der Waals surface area contributed by atoms with Gasteiger partial charge in [0.05, 0.1) is 18.7 Å². The van der Waals surface area contributed by atoms with Gasteiger partial charge in [-0.2, -0.15) is 0 Å². The van der Waals surface area contributed by atoms with Crippen LogP contribution in [0.25, 0.3) is 0 Å². The van der Waals surface area contributed by atoms with E-state index in [1.165, 1.54) is 11.1 Å². The van der Waals surface area contributed by atoms with Gasteiger partial charge in [-0.3, -0.25) is 4.79 Å². The minimum atomic E-state index is -0.124. The third kappa shape index (κ3) is 4.98. The Morgan fingerprint density at radius 2 is 1.75 bits per heavy atom. The van der Waals surface area contributed by atoms with Gasteiger partial charge in [0.1, 0.15) is 5.75 Å². The van der Waals surface area contributed by atoms with Gasteiger partial charge in [-0.05, 0) is 38.7 Å². The van der Waals surface area contributed by atoms with Crippen LogP contribution >= 0.6 is 12.4 Å². The Morgan fingerprint density at radius 1 is 1.12 bits per heavy atom. The largest absolute Gasteiger partial charge is 0.496 e. The number of nitrogens with zero attached hydrogens (tertiary/aromatic N) is 1. The summed E-state index contributed by atoms with van der Waals surface area (Å²) in [5.74, 6) is 0.461. The number of halogens is 1. The van der Waals surface area contributed by atoms with Crippen molar-refractivity contribution in [3.63, 3.8) is 0 Å². The minimum absolute atomic E-state index is 0. The number of benzene rings is 2. The molecule has 1 unspecified atom stereocenters. The molecule has 1 atom stereocenters. The Morgan fingerprint density at radius 3 is 2.33 bits per heavy atom. The maximum Gasteiger partial charge on any atom is 0.255 e. The molecule has 2 rings (SSSR count).